The van der Waals surface area contributed by atoms with Crippen LogP contribution in [0.5, 0.6) is 0 Å². The van der Waals surface area contributed by atoms with Crippen molar-refractivity contribution in [3.63, 3.8) is 0 Å². The maximum absolute atomic E-state index is 13.6. The van der Waals surface area contributed by atoms with Crippen molar-refractivity contribution < 1.29 is 9.90 Å². The number of carbonyl (C=O) groups is 1. The van der Waals surface area contributed by atoms with Gasteiger partial charge in [-0.2, -0.15) is 0 Å². The van der Waals surface area contributed by atoms with Gasteiger partial charge in [-0.1, -0.05) is 90.7 Å². The van der Waals surface area contributed by atoms with Crippen LogP contribution in [-0.2, 0) is 11.2 Å². The summed E-state index contributed by atoms with van der Waals surface area (Å²) < 4.78 is 1.92. The van der Waals surface area contributed by atoms with Crippen LogP contribution >= 0.6 is 24.0 Å². The van der Waals surface area contributed by atoms with Gasteiger partial charge in [-0.3, -0.25) is 18.9 Å². The Morgan fingerprint density at radius 3 is 2.50 bits per heavy atom. The van der Waals surface area contributed by atoms with Gasteiger partial charge in [0, 0.05) is 19.3 Å². The van der Waals surface area contributed by atoms with Crippen molar-refractivity contribution in [1.29, 1.82) is 0 Å². The van der Waals surface area contributed by atoms with E-state index in [9.17, 15) is 14.7 Å². The van der Waals surface area contributed by atoms with Crippen LogP contribution in [0, 0.1) is 6.92 Å². The molecule has 1 fully saturated rings. The van der Waals surface area contributed by atoms with Gasteiger partial charge >= 0.3 is 0 Å². The first-order chi connectivity index (χ1) is 18.4. The van der Waals surface area contributed by atoms with Gasteiger partial charge in [0.2, 0.25) is 0 Å². The third kappa shape index (κ3) is 5.40. The van der Waals surface area contributed by atoms with E-state index in [1.54, 1.807) is 23.2 Å². The number of nitrogens with one attached hydrogen (secondary N) is 1. The van der Waals surface area contributed by atoms with Crippen molar-refractivity contribution in [2.24, 2.45) is 0 Å². The van der Waals surface area contributed by atoms with E-state index in [2.05, 4.69) is 5.32 Å². The Bertz CT molecular complexity index is 1590. The molecule has 192 valence electrons. The quantitative estimate of drug-likeness (QED) is 0.249. The van der Waals surface area contributed by atoms with Crippen LogP contribution in [0.1, 0.15) is 28.4 Å². The first kappa shape index (κ1) is 25.8. The van der Waals surface area contributed by atoms with Crippen LogP contribution in [0.15, 0.2) is 88.7 Å². The summed E-state index contributed by atoms with van der Waals surface area (Å²) >= 11 is 6.68. The number of pyridine rings is 1. The number of hydrogen-bond donors (Lipinski definition) is 2. The molecule has 0 aliphatic carbocycles. The molecule has 3 heterocycles. The second kappa shape index (κ2) is 11.3. The van der Waals surface area contributed by atoms with Crippen LogP contribution in [0.2, 0.25) is 0 Å². The fraction of sp³-hybridized carbons (Fsp3) is 0.172. The van der Waals surface area contributed by atoms with E-state index in [0.717, 1.165) is 16.7 Å². The molecule has 38 heavy (non-hydrogen) atoms. The summed E-state index contributed by atoms with van der Waals surface area (Å²) in [5.41, 5.74) is 3.11. The number of aromatic nitrogens is 2. The second-order valence-electron chi connectivity index (χ2n) is 8.94. The summed E-state index contributed by atoms with van der Waals surface area (Å²) in [6.07, 6.45) is 3.08. The van der Waals surface area contributed by atoms with Gasteiger partial charge in [-0.05, 0) is 42.2 Å². The lowest BCUT2D eigenvalue weighted by molar-refractivity contribution is -0.122. The largest absolute Gasteiger partial charge is 0.387 e. The highest BCUT2D eigenvalue weighted by molar-refractivity contribution is 8.26. The van der Waals surface area contributed by atoms with Crippen molar-refractivity contribution in [3.05, 3.63) is 117 Å². The lowest BCUT2D eigenvalue weighted by Crippen LogP contribution is -2.30. The third-order valence-corrected chi connectivity index (χ3v) is 7.73. The van der Waals surface area contributed by atoms with E-state index < -0.39 is 6.10 Å². The van der Waals surface area contributed by atoms with Gasteiger partial charge in [0.15, 0.2) is 0 Å². The molecule has 1 atom stereocenters. The van der Waals surface area contributed by atoms with Crippen LogP contribution in [0.25, 0.3) is 11.7 Å². The number of aryl methyl sites for hydroxylation is 1. The Kier molecular flexibility index (Phi) is 7.69. The molecule has 1 saturated heterocycles. The number of rotatable bonds is 8. The van der Waals surface area contributed by atoms with E-state index >= 15 is 0 Å². The minimum absolute atomic E-state index is 0.136. The van der Waals surface area contributed by atoms with Crippen LogP contribution in [0.4, 0.5) is 5.82 Å². The Balaban J connectivity index is 1.47. The molecule has 9 heteroatoms. The standard InChI is InChI=1S/C29H26N4O3S2/c1-19-9-8-15-32-26(19)31-25(30-18-23(34)21-12-6-3-7-13-21)22(27(32)35)17-24-28(36)33(29(37)38-24)16-14-20-10-4-2-5-11-20/h2-13,15,17,23,30,34H,14,16,18H2,1H3/b24-17-/t23-/m0/s1. The molecule has 0 unspecified atom stereocenters. The summed E-state index contributed by atoms with van der Waals surface area (Å²) in [6.45, 7) is 2.47. The summed E-state index contributed by atoms with van der Waals surface area (Å²) in [6, 6.07) is 22.8. The first-order valence-electron chi connectivity index (χ1n) is 12.2. The molecule has 1 amide bonds. The molecule has 0 spiro atoms. The van der Waals surface area contributed by atoms with Crippen molar-refractivity contribution >= 4 is 51.7 Å². The summed E-state index contributed by atoms with van der Waals surface area (Å²) in [5.74, 6) is 0.0637. The number of thiocarbonyl (C=S) groups is 1. The van der Waals surface area contributed by atoms with E-state index in [-0.39, 0.29) is 23.6 Å². The molecular formula is C29H26N4O3S2. The number of carbonyl (C=O) groups excluding carboxylic acids is 1. The number of benzene rings is 2. The van der Waals surface area contributed by atoms with Crippen LogP contribution < -0.4 is 10.9 Å². The lowest BCUT2D eigenvalue weighted by Gasteiger charge is -2.16. The molecule has 5 rings (SSSR count). The number of anilines is 1. The summed E-state index contributed by atoms with van der Waals surface area (Å²) in [7, 11) is 0. The topological polar surface area (TPSA) is 86.9 Å². The monoisotopic (exact) mass is 542 g/mol. The van der Waals surface area contributed by atoms with E-state index in [0.29, 0.717) is 33.7 Å². The van der Waals surface area contributed by atoms with Gasteiger partial charge in [0.25, 0.3) is 11.5 Å². The maximum atomic E-state index is 13.6. The minimum Gasteiger partial charge on any atom is -0.387 e. The molecular weight excluding hydrogens is 516 g/mol. The Labute approximate surface area is 229 Å². The molecule has 0 saturated carbocycles. The lowest BCUT2D eigenvalue weighted by atomic mass is 10.1. The number of hydrogen-bond acceptors (Lipinski definition) is 7. The zero-order chi connectivity index (χ0) is 26.6. The number of thioether (sulfide) groups is 1. The third-order valence-electron chi connectivity index (χ3n) is 6.35. The predicted molar refractivity (Wildman–Crippen MR) is 156 cm³/mol. The van der Waals surface area contributed by atoms with Crippen molar-refractivity contribution in [2.45, 2.75) is 19.4 Å². The minimum atomic E-state index is -0.808. The smallest absolute Gasteiger partial charge is 0.267 e. The molecule has 7 nitrogen and oxygen atoms in total. The van der Waals surface area contributed by atoms with Crippen molar-refractivity contribution in [1.82, 2.24) is 14.3 Å². The SMILES string of the molecule is Cc1cccn2c(=O)c(/C=C3\SC(=S)N(CCc4ccccc4)C3=O)c(NC[C@H](O)c3ccccc3)nc12. The van der Waals surface area contributed by atoms with Crippen molar-refractivity contribution in [3.8, 4) is 0 Å². The van der Waals surface area contributed by atoms with E-state index in [4.69, 9.17) is 17.2 Å². The predicted octanol–water partition coefficient (Wildman–Crippen LogP) is 4.59. The van der Waals surface area contributed by atoms with Crippen molar-refractivity contribution in [2.75, 3.05) is 18.4 Å². The molecule has 1 aliphatic rings. The highest BCUT2D eigenvalue weighted by Crippen LogP contribution is 2.33. The fourth-order valence-corrected chi connectivity index (χ4v) is 5.56. The molecule has 2 aromatic heterocycles. The number of amides is 1. The average Bonchev–Trinajstić information content (AvgIpc) is 3.21. The summed E-state index contributed by atoms with van der Waals surface area (Å²) in [4.78, 5) is 33.5. The first-order valence-corrected chi connectivity index (χ1v) is 13.4. The van der Waals surface area contributed by atoms with Crippen LogP contribution in [0.3, 0.4) is 0 Å². The highest BCUT2D eigenvalue weighted by atomic mass is 32.2. The maximum Gasteiger partial charge on any atom is 0.267 e. The number of nitrogens with zero attached hydrogens (tertiary/aromatic N) is 3. The second-order valence-corrected chi connectivity index (χ2v) is 10.6. The van der Waals surface area contributed by atoms with E-state index in [1.807, 2.05) is 73.7 Å². The molecule has 2 aromatic carbocycles. The summed E-state index contributed by atoms with van der Waals surface area (Å²) in [5, 5.41) is 13.8. The molecule has 0 bridgehead atoms. The van der Waals surface area contributed by atoms with Crippen LogP contribution in [-0.4, -0.2) is 42.7 Å². The fourth-order valence-electron chi connectivity index (χ4n) is 4.27. The molecule has 1 aliphatic heterocycles. The Morgan fingerprint density at radius 2 is 1.76 bits per heavy atom. The zero-order valence-electron chi connectivity index (χ0n) is 20.7. The number of aliphatic hydroxyl groups excluding tert-OH is 1. The molecule has 4 aromatic rings. The normalized spacial score (nSPS) is 15.4. The molecule has 2 N–H and O–H groups in total. The van der Waals surface area contributed by atoms with Gasteiger partial charge in [-0.15, -0.1) is 0 Å². The van der Waals surface area contributed by atoms with Gasteiger partial charge in [-0.25, -0.2) is 4.98 Å². The Morgan fingerprint density at radius 1 is 1.05 bits per heavy atom. The highest BCUT2D eigenvalue weighted by Gasteiger charge is 2.32. The zero-order valence-corrected chi connectivity index (χ0v) is 22.3. The van der Waals surface area contributed by atoms with Gasteiger partial charge in [0.05, 0.1) is 16.6 Å². The van der Waals surface area contributed by atoms with Gasteiger partial charge < -0.3 is 10.4 Å². The number of aliphatic hydroxyl groups is 1. The molecule has 0 radical (unpaired) electrons. The Hall–Kier alpha value is -3.79. The van der Waals surface area contributed by atoms with Gasteiger partial charge in [0.1, 0.15) is 15.8 Å². The van der Waals surface area contributed by atoms with E-state index in [1.165, 1.54) is 16.2 Å². The number of fused-ring (bicyclic) bond motifs is 1. The average molecular weight is 543 g/mol.